The lowest BCUT2D eigenvalue weighted by molar-refractivity contribution is 0.0942. The highest BCUT2D eigenvalue weighted by Gasteiger charge is 2.13. The summed E-state index contributed by atoms with van der Waals surface area (Å²) in [5.74, 6) is -0.220. The molecule has 3 N–H and O–H groups in total. The fourth-order valence-corrected chi connectivity index (χ4v) is 2.19. The zero-order chi connectivity index (χ0) is 15.4. The number of aliphatic hydroxyl groups is 1. The highest BCUT2D eigenvalue weighted by molar-refractivity contribution is 6.42. The first-order chi connectivity index (χ1) is 9.99. The molecule has 0 saturated heterocycles. The first-order valence-electron chi connectivity index (χ1n) is 6.40. The standard InChI is InChI=1S/C14H15Cl2N3O2/c1-8-10(7-18-19-8)14(21)17-5-4-13(20)9-2-3-11(15)12(16)6-9/h2-3,6-7,13,20H,4-5H2,1H3,(H,17,21)(H,18,19). The Hall–Kier alpha value is -1.56. The zero-order valence-electron chi connectivity index (χ0n) is 11.4. The molecule has 1 atom stereocenters. The highest BCUT2D eigenvalue weighted by atomic mass is 35.5. The van der Waals surface area contributed by atoms with Gasteiger partial charge in [0.2, 0.25) is 0 Å². The van der Waals surface area contributed by atoms with Crippen molar-refractivity contribution in [2.75, 3.05) is 6.54 Å². The molecule has 0 aliphatic heterocycles. The minimum absolute atomic E-state index is 0.220. The van der Waals surface area contributed by atoms with Crippen molar-refractivity contribution in [3.8, 4) is 0 Å². The van der Waals surface area contributed by atoms with Crippen molar-refractivity contribution in [1.29, 1.82) is 0 Å². The summed E-state index contributed by atoms with van der Waals surface area (Å²) in [4.78, 5) is 11.9. The van der Waals surface area contributed by atoms with Crippen molar-refractivity contribution < 1.29 is 9.90 Å². The predicted molar refractivity (Wildman–Crippen MR) is 81.7 cm³/mol. The van der Waals surface area contributed by atoms with Crippen molar-refractivity contribution in [1.82, 2.24) is 15.5 Å². The molecule has 7 heteroatoms. The molecular formula is C14H15Cl2N3O2. The highest BCUT2D eigenvalue weighted by Crippen LogP contribution is 2.26. The number of nitrogens with zero attached hydrogens (tertiary/aromatic N) is 1. The van der Waals surface area contributed by atoms with Gasteiger partial charge in [-0.2, -0.15) is 5.10 Å². The number of hydrogen-bond donors (Lipinski definition) is 3. The van der Waals surface area contributed by atoms with Gasteiger partial charge >= 0.3 is 0 Å². The maximum Gasteiger partial charge on any atom is 0.254 e. The Morgan fingerprint density at radius 3 is 2.81 bits per heavy atom. The van der Waals surface area contributed by atoms with E-state index in [0.717, 1.165) is 0 Å². The Morgan fingerprint density at radius 2 is 2.19 bits per heavy atom. The fraction of sp³-hybridized carbons (Fsp3) is 0.286. The zero-order valence-corrected chi connectivity index (χ0v) is 12.9. The Balaban J connectivity index is 1.87. The van der Waals surface area contributed by atoms with Crippen molar-refractivity contribution in [2.24, 2.45) is 0 Å². The van der Waals surface area contributed by atoms with Crippen LogP contribution in [0, 0.1) is 6.92 Å². The number of aliphatic hydroxyl groups excluding tert-OH is 1. The fourth-order valence-electron chi connectivity index (χ4n) is 1.88. The molecule has 2 rings (SSSR count). The van der Waals surface area contributed by atoms with Gasteiger partial charge in [0, 0.05) is 12.2 Å². The van der Waals surface area contributed by atoms with Crippen LogP contribution < -0.4 is 5.32 Å². The molecule has 1 heterocycles. The van der Waals surface area contributed by atoms with Crippen molar-refractivity contribution in [3.05, 3.63) is 51.3 Å². The van der Waals surface area contributed by atoms with Crippen LogP contribution in [0.25, 0.3) is 0 Å². The average Bonchev–Trinajstić information content (AvgIpc) is 2.88. The van der Waals surface area contributed by atoms with E-state index in [0.29, 0.717) is 39.8 Å². The van der Waals surface area contributed by atoms with E-state index >= 15 is 0 Å². The summed E-state index contributed by atoms with van der Waals surface area (Å²) in [6.45, 7) is 2.11. The Morgan fingerprint density at radius 1 is 1.43 bits per heavy atom. The van der Waals surface area contributed by atoms with Crippen LogP contribution in [0.3, 0.4) is 0 Å². The number of carbonyl (C=O) groups is 1. The van der Waals surface area contributed by atoms with Gasteiger partial charge < -0.3 is 10.4 Å². The summed E-state index contributed by atoms with van der Waals surface area (Å²) in [7, 11) is 0. The molecule has 0 saturated carbocycles. The number of H-pyrrole nitrogens is 1. The summed E-state index contributed by atoms with van der Waals surface area (Å²) >= 11 is 11.7. The van der Waals surface area contributed by atoms with E-state index in [1.807, 2.05) is 0 Å². The van der Waals surface area contributed by atoms with E-state index in [2.05, 4.69) is 15.5 Å². The molecule has 1 unspecified atom stereocenters. The number of halogens is 2. The van der Waals surface area contributed by atoms with Crippen LogP contribution in [0.5, 0.6) is 0 Å². The van der Waals surface area contributed by atoms with Gasteiger partial charge in [-0.3, -0.25) is 9.89 Å². The van der Waals surface area contributed by atoms with E-state index in [1.54, 1.807) is 25.1 Å². The van der Waals surface area contributed by atoms with Crippen LogP contribution >= 0.6 is 23.2 Å². The second-order valence-electron chi connectivity index (χ2n) is 4.64. The topological polar surface area (TPSA) is 78.0 Å². The first kappa shape index (κ1) is 15.8. The summed E-state index contributed by atoms with van der Waals surface area (Å²) in [6.07, 6.45) is 1.13. The van der Waals surface area contributed by atoms with Crippen LogP contribution in [0.1, 0.15) is 34.1 Å². The third-order valence-electron chi connectivity index (χ3n) is 3.11. The smallest absolute Gasteiger partial charge is 0.254 e. The molecule has 0 bridgehead atoms. The van der Waals surface area contributed by atoms with Gasteiger partial charge in [0.05, 0.1) is 27.9 Å². The van der Waals surface area contributed by atoms with Gasteiger partial charge in [0.15, 0.2) is 0 Å². The van der Waals surface area contributed by atoms with Crippen molar-refractivity contribution in [3.63, 3.8) is 0 Å². The number of rotatable bonds is 5. The molecule has 0 aliphatic rings. The van der Waals surface area contributed by atoms with Gasteiger partial charge in [0.25, 0.3) is 5.91 Å². The number of aromatic nitrogens is 2. The lowest BCUT2D eigenvalue weighted by atomic mass is 10.1. The number of carbonyl (C=O) groups excluding carboxylic acids is 1. The number of nitrogens with one attached hydrogen (secondary N) is 2. The number of aryl methyl sites for hydroxylation is 1. The van der Waals surface area contributed by atoms with Gasteiger partial charge in [-0.1, -0.05) is 29.3 Å². The number of amides is 1. The van der Waals surface area contributed by atoms with E-state index < -0.39 is 6.10 Å². The molecule has 0 spiro atoms. The molecular weight excluding hydrogens is 313 g/mol. The molecule has 5 nitrogen and oxygen atoms in total. The first-order valence-corrected chi connectivity index (χ1v) is 7.16. The molecule has 0 radical (unpaired) electrons. The minimum Gasteiger partial charge on any atom is -0.388 e. The third kappa shape index (κ3) is 3.97. The van der Waals surface area contributed by atoms with Crippen molar-refractivity contribution in [2.45, 2.75) is 19.4 Å². The van der Waals surface area contributed by atoms with Crippen LogP contribution in [0.15, 0.2) is 24.4 Å². The largest absolute Gasteiger partial charge is 0.388 e. The minimum atomic E-state index is -0.717. The van der Waals surface area contributed by atoms with Gasteiger partial charge in [0.1, 0.15) is 0 Å². The van der Waals surface area contributed by atoms with Gasteiger partial charge in [-0.25, -0.2) is 0 Å². The lowest BCUT2D eigenvalue weighted by Crippen LogP contribution is -2.25. The SMILES string of the molecule is Cc1[nH]ncc1C(=O)NCCC(O)c1ccc(Cl)c(Cl)c1. The molecule has 0 fully saturated rings. The molecule has 0 aliphatic carbocycles. The summed E-state index contributed by atoms with van der Waals surface area (Å²) < 4.78 is 0. The summed E-state index contributed by atoms with van der Waals surface area (Å²) in [5, 5.41) is 20.1. The van der Waals surface area contributed by atoms with Crippen LogP contribution in [-0.2, 0) is 0 Å². The number of aromatic amines is 1. The quantitative estimate of drug-likeness (QED) is 0.790. The molecule has 1 aromatic carbocycles. The van der Waals surface area contributed by atoms with E-state index in [1.165, 1.54) is 6.20 Å². The second kappa shape index (κ2) is 6.93. The number of benzene rings is 1. The molecule has 112 valence electrons. The van der Waals surface area contributed by atoms with E-state index in [9.17, 15) is 9.90 Å². The van der Waals surface area contributed by atoms with Crippen LogP contribution in [0.2, 0.25) is 10.0 Å². The average molecular weight is 328 g/mol. The predicted octanol–water partition coefficient (Wildman–Crippen LogP) is 2.88. The summed E-state index contributed by atoms with van der Waals surface area (Å²) in [5.41, 5.74) is 1.87. The maximum atomic E-state index is 11.9. The van der Waals surface area contributed by atoms with E-state index in [4.69, 9.17) is 23.2 Å². The number of hydrogen-bond acceptors (Lipinski definition) is 3. The Labute approximate surface area is 132 Å². The maximum absolute atomic E-state index is 11.9. The van der Waals surface area contributed by atoms with Crippen LogP contribution in [-0.4, -0.2) is 27.8 Å². The molecule has 1 amide bonds. The van der Waals surface area contributed by atoms with E-state index in [-0.39, 0.29) is 5.91 Å². The lowest BCUT2D eigenvalue weighted by Gasteiger charge is -2.12. The van der Waals surface area contributed by atoms with Crippen molar-refractivity contribution >= 4 is 29.1 Å². The molecule has 21 heavy (non-hydrogen) atoms. The molecule has 1 aromatic heterocycles. The monoisotopic (exact) mass is 327 g/mol. The second-order valence-corrected chi connectivity index (χ2v) is 5.46. The summed E-state index contributed by atoms with van der Waals surface area (Å²) in [6, 6.07) is 4.97. The Bertz CT molecular complexity index is 643. The van der Waals surface area contributed by atoms with Crippen LogP contribution in [0.4, 0.5) is 0 Å². The molecule has 2 aromatic rings. The normalized spacial score (nSPS) is 12.2. The van der Waals surface area contributed by atoms with Gasteiger partial charge in [-0.05, 0) is 31.0 Å². The van der Waals surface area contributed by atoms with Gasteiger partial charge in [-0.15, -0.1) is 0 Å². The Kier molecular flexibility index (Phi) is 5.22. The third-order valence-corrected chi connectivity index (χ3v) is 3.85.